The van der Waals surface area contributed by atoms with Gasteiger partial charge in [-0.25, -0.2) is 27.5 Å². The lowest BCUT2D eigenvalue weighted by Crippen LogP contribution is -2.28. The predicted molar refractivity (Wildman–Crippen MR) is 125 cm³/mol. The molecule has 1 aliphatic rings. The molecule has 0 saturated heterocycles. The summed E-state index contributed by atoms with van der Waals surface area (Å²) in [6, 6.07) is 15.1. The number of nitrogens with zero attached hydrogens (tertiary/aromatic N) is 3. The standard InChI is InChI=1S/C24H20FN5O4S/c1-15-10-13-26-23(27-15)30-35(32,33)17-8-6-16(7-9-17)28-22(31)24(11-12-24)21-14-20(34-29-21)18-4-2-3-5-19(18)25/h2-10,13-14H,11-12H2,1H3,(H,28,31)(H,26,27,30). The van der Waals surface area contributed by atoms with Crippen LogP contribution in [-0.4, -0.2) is 29.4 Å². The van der Waals surface area contributed by atoms with Crippen molar-refractivity contribution in [2.45, 2.75) is 30.1 Å². The molecule has 2 aromatic carbocycles. The van der Waals surface area contributed by atoms with Crippen LogP contribution in [0, 0.1) is 12.7 Å². The highest BCUT2D eigenvalue weighted by atomic mass is 32.2. The zero-order chi connectivity index (χ0) is 24.6. The molecule has 0 spiro atoms. The average molecular weight is 494 g/mol. The average Bonchev–Trinajstić information content (AvgIpc) is 3.50. The van der Waals surface area contributed by atoms with E-state index in [0.29, 0.717) is 29.9 Å². The van der Waals surface area contributed by atoms with Crippen LogP contribution in [0.2, 0.25) is 0 Å². The Bertz CT molecular complexity index is 1510. The lowest BCUT2D eigenvalue weighted by molar-refractivity contribution is -0.118. The second-order valence-electron chi connectivity index (χ2n) is 8.24. The number of carbonyl (C=O) groups excluding carboxylic acids is 1. The molecule has 1 aliphatic carbocycles. The second kappa shape index (κ2) is 8.58. The van der Waals surface area contributed by atoms with Gasteiger partial charge in [0.25, 0.3) is 10.0 Å². The topological polar surface area (TPSA) is 127 Å². The summed E-state index contributed by atoms with van der Waals surface area (Å²) >= 11 is 0. The van der Waals surface area contributed by atoms with Crippen molar-refractivity contribution in [3.63, 3.8) is 0 Å². The molecule has 0 radical (unpaired) electrons. The van der Waals surface area contributed by atoms with Gasteiger partial charge in [0.15, 0.2) is 5.76 Å². The monoisotopic (exact) mass is 493 g/mol. The Morgan fingerprint density at radius 3 is 2.51 bits per heavy atom. The van der Waals surface area contributed by atoms with Crippen LogP contribution in [-0.2, 0) is 20.2 Å². The van der Waals surface area contributed by atoms with E-state index in [1.54, 1.807) is 37.3 Å². The third-order valence-electron chi connectivity index (χ3n) is 5.77. The lowest BCUT2D eigenvalue weighted by atomic mass is 10.00. The number of amides is 1. The number of aromatic nitrogens is 3. The minimum atomic E-state index is -3.90. The maximum Gasteiger partial charge on any atom is 0.264 e. The Morgan fingerprint density at radius 2 is 1.83 bits per heavy atom. The molecule has 0 aliphatic heterocycles. The second-order valence-corrected chi connectivity index (χ2v) is 9.93. The fraction of sp³-hybridized carbons (Fsp3) is 0.167. The zero-order valence-electron chi connectivity index (χ0n) is 18.5. The molecule has 0 bridgehead atoms. The van der Waals surface area contributed by atoms with Crippen molar-refractivity contribution in [2.24, 2.45) is 0 Å². The highest BCUT2D eigenvalue weighted by Crippen LogP contribution is 2.49. The van der Waals surface area contributed by atoms with Gasteiger partial charge in [-0.05, 0) is 62.2 Å². The summed E-state index contributed by atoms with van der Waals surface area (Å²) in [5, 5.41) is 6.83. The SMILES string of the molecule is Cc1ccnc(NS(=O)(=O)c2ccc(NC(=O)C3(c4cc(-c5ccccc5F)on4)CC3)cc2)n1. The molecule has 0 unspecified atom stereocenters. The van der Waals surface area contributed by atoms with Gasteiger partial charge in [-0.2, -0.15) is 0 Å². The van der Waals surface area contributed by atoms with Crippen LogP contribution in [0.4, 0.5) is 16.0 Å². The molecule has 1 saturated carbocycles. The molecule has 2 N–H and O–H groups in total. The molecular formula is C24H20FN5O4S. The van der Waals surface area contributed by atoms with Crippen LogP contribution in [0.1, 0.15) is 24.2 Å². The van der Waals surface area contributed by atoms with Crippen LogP contribution < -0.4 is 10.0 Å². The van der Waals surface area contributed by atoms with Gasteiger partial charge in [0.1, 0.15) is 5.82 Å². The molecule has 4 aromatic rings. The third kappa shape index (κ3) is 4.50. The molecule has 1 amide bonds. The number of aryl methyl sites for hydroxylation is 1. The fourth-order valence-corrected chi connectivity index (χ4v) is 4.61. The van der Waals surface area contributed by atoms with E-state index in [1.165, 1.54) is 36.5 Å². The molecule has 9 nitrogen and oxygen atoms in total. The first kappa shape index (κ1) is 22.7. The smallest absolute Gasteiger partial charge is 0.264 e. The largest absolute Gasteiger partial charge is 0.356 e. The van der Waals surface area contributed by atoms with Gasteiger partial charge in [0, 0.05) is 23.6 Å². The lowest BCUT2D eigenvalue weighted by Gasteiger charge is -2.13. The van der Waals surface area contributed by atoms with Crippen molar-refractivity contribution in [3.8, 4) is 11.3 Å². The number of carbonyl (C=O) groups is 1. The van der Waals surface area contributed by atoms with Crippen molar-refractivity contribution < 1.29 is 22.1 Å². The van der Waals surface area contributed by atoms with Crippen molar-refractivity contribution in [1.29, 1.82) is 0 Å². The maximum absolute atomic E-state index is 14.1. The first-order chi connectivity index (χ1) is 16.8. The van der Waals surface area contributed by atoms with Crippen molar-refractivity contribution in [2.75, 3.05) is 10.0 Å². The predicted octanol–water partition coefficient (Wildman–Crippen LogP) is 4.05. The molecule has 35 heavy (non-hydrogen) atoms. The van der Waals surface area contributed by atoms with Gasteiger partial charge in [0.05, 0.1) is 21.6 Å². The Hall–Kier alpha value is -4.12. The Labute approximate surface area is 200 Å². The fourth-order valence-electron chi connectivity index (χ4n) is 3.66. The minimum Gasteiger partial charge on any atom is -0.356 e. The quantitative estimate of drug-likeness (QED) is 0.398. The van der Waals surface area contributed by atoms with Crippen molar-refractivity contribution >= 4 is 27.6 Å². The minimum absolute atomic E-state index is 0.00669. The summed E-state index contributed by atoms with van der Waals surface area (Å²) < 4.78 is 47.0. The Kier molecular flexibility index (Phi) is 5.56. The van der Waals surface area contributed by atoms with Crippen LogP contribution in [0.3, 0.4) is 0 Å². The van der Waals surface area contributed by atoms with E-state index >= 15 is 0 Å². The van der Waals surface area contributed by atoms with Gasteiger partial charge in [-0.15, -0.1) is 0 Å². The Balaban J connectivity index is 1.29. The van der Waals surface area contributed by atoms with Gasteiger partial charge >= 0.3 is 0 Å². The van der Waals surface area contributed by atoms with E-state index in [-0.39, 0.29) is 28.1 Å². The van der Waals surface area contributed by atoms with E-state index in [1.807, 2.05) is 0 Å². The van der Waals surface area contributed by atoms with Crippen LogP contribution >= 0.6 is 0 Å². The number of hydrogen-bond acceptors (Lipinski definition) is 7. The highest BCUT2D eigenvalue weighted by molar-refractivity contribution is 7.92. The first-order valence-electron chi connectivity index (χ1n) is 10.7. The molecule has 5 rings (SSSR count). The molecule has 0 atom stereocenters. The van der Waals surface area contributed by atoms with E-state index in [2.05, 4.69) is 25.2 Å². The summed E-state index contributed by atoms with van der Waals surface area (Å²) in [6.45, 7) is 1.73. The number of sulfonamides is 1. The van der Waals surface area contributed by atoms with Gasteiger partial charge in [-0.3, -0.25) is 4.79 Å². The highest BCUT2D eigenvalue weighted by Gasteiger charge is 2.54. The third-order valence-corrected chi connectivity index (χ3v) is 7.11. The number of rotatable bonds is 7. The summed E-state index contributed by atoms with van der Waals surface area (Å²) in [5.74, 6) is -0.520. The van der Waals surface area contributed by atoms with Gasteiger partial charge < -0.3 is 9.84 Å². The maximum atomic E-state index is 14.1. The first-order valence-corrected chi connectivity index (χ1v) is 12.2. The molecule has 2 aromatic heterocycles. The van der Waals surface area contributed by atoms with Gasteiger partial charge in [0.2, 0.25) is 11.9 Å². The number of nitrogens with one attached hydrogen (secondary N) is 2. The van der Waals surface area contributed by atoms with E-state index in [0.717, 1.165) is 0 Å². The number of hydrogen-bond donors (Lipinski definition) is 2. The summed E-state index contributed by atoms with van der Waals surface area (Å²) in [4.78, 5) is 21.0. The van der Waals surface area contributed by atoms with Crippen LogP contribution in [0.25, 0.3) is 11.3 Å². The molecule has 11 heteroatoms. The summed E-state index contributed by atoms with van der Waals surface area (Å²) in [7, 11) is -3.90. The molecule has 1 fully saturated rings. The van der Waals surface area contributed by atoms with Crippen molar-refractivity contribution in [3.05, 3.63) is 84.1 Å². The van der Waals surface area contributed by atoms with Crippen molar-refractivity contribution in [1.82, 2.24) is 15.1 Å². The summed E-state index contributed by atoms with van der Waals surface area (Å²) in [6.07, 6.45) is 2.59. The van der Waals surface area contributed by atoms with Crippen LogP contribution in [0.5, 0.6) is 0 Å². The van der Waals surface area contributed by atoms with E-state index < -0.39 is 21.3 Å². The number of benzene rings is 2. The number of halogens is 1. The molecule has 2 heterocycles. The Morgan fingerprint density at radius 1 is 1.09 bits per heavy atom. The van der Waals surface area contributed by atoms with E-state index in [9.17, 15) is 17.6 Å². The van der Waals surface area contributed by atoms with Gasteiger partial charge in [-0.1, -0.05) is 17.3 Å². The normalized spacial score (nSPS) is 14.3. The van der Waals surface area contributed by atoms with E-state index in [4.69, 9.17) is 4.52 Å². The number of anilines is 2. The molecular weight excluding hydrogens is 473 g/mol. The molecule has 178 valence electrons. The summed E-state index contributed by atoms with van der Waals surface area (Å²) in [5.41, 5.74) is 0.864. The zero-order valence-corrected chi connectivity index (χ0v) is 19.3. The van der Waals surface area contributed by atoms with Crippen LogP contribution in [0.15, 0.2) is 76.3 Å².